The molecule has 2 heterocycles. The van der Waals surface area contributed by atoms with E-state index in [1.54, 1.807) is 18.2 Å². The Labute approximate surface area is 242 Å². The second-order valence-corrected chi connectivity index (χ2v) is 11.8. The summed E-state index contributed by atoms with van der Waals surface area (Å²) in [7, 11) is -4.19. The Morgan fingerprint density at radius 3 is 2.50 bits per heavy atom. The molecule has 2 amide bonds. The van der Waals surface area contributed by atoms with Crippen molar-refractivity contribution >= 4 is 44.5 Å². The van der Waals surface area contributed by atoms with Crippen molar-refractivity contribution in [3.63, 3.8) is 0 Å². The van der Waals surface area contributed by atoms with E-state index in [9.17, 15) is 22.8 Å². The van der Waals surface area contributed by atoms with Crippen LogP contribution < -0.4 is 10.1 Å². The highest BCUT2D eigenvalue weighted by Gasteiger charge is 2.32. The van der Waals surface area contributed by atoms with Gasteiger partial charge in [-0.2, -0.15) is 0 Å². The zero-order valence-electron chi connectivity index (χ0n) is 22.9. The van der Waals surface area contributed by atoms with Gasteiger partial charge in [0.25, 0.3) is 11.8 Å². The van der Waals surface area contributed by atoms with Crippen LogP contribution in [0.15, 0.2) is 63.9 Å². The number of aryl methyl sites for hydroxylation is 1. The summed E-state index contributed by atoms with van der Waals surface area (Å²) in [5, 5.41) is 9.31. The predicted molar refractivity (Wildman–Crippen MR) is 154 cm³/mol. The summed E-state index contributed by atoms with van der Waals surface area (Å²) in [5.74, 6) is -1.46. The molecule has 0 atom stereocenters. The van der Waals surface area contributed by atoms with E-state index in [0.29, 0.717) is 35.5 Å². The molecule has 0 radical (unpaired) electrons. The van der Waals surface area contributed by atoms with Crippen LogP contribution in [0.4, 0.5) is 5.69 Å². The molecule has 0 unspecified atom stereocenters. The number of hydrogen-bond donors (Lipinski definition) is 2. The number of hydrogen-bond acceptors (Lipinski definition) is 8. The van der Waals surface area contributed by atoms with Gasteiger partial charge in [0.2, 0.25) is 10.0 Å². The SMILES string of the molecule is Cc1ccccc1-c1c2ccc(=N)cc-2oc2c(S(=O)(=O)NCCCCCC(=O)ON3C(=O)CCC3=O)c([NH-])ccc12. The molecule has 3 aliphatic rings. The number of imide groups is 1. The molecule has 42 heavy (non-hydrogen) atoms. The fourth-order valence-corrected chi connectivity index (χ4v) is 6.31. The number of rotatable bonds is 10. The summed E-state index contributed by atoms with van der Waals surface area (Å²) in [6.07, 6.45) is 1.24. The van der Waals surface area contributed by atoms with Crippen molar-refractivity contribution in [1.29, 1.82) is 5.41 Å². The standard InChI is InChI=1S/C30H29N4O7S/c1-18-7-4-5-8-20(18)28-21-11-10-19(31)17-24(21)40-29-22(28)12-13-23(32)30(29)42(38,39)33-16-6-2-3-9-27(37)41-34-25(35)14-15-26(34)36/h4-5,7-8,10-13,17,33H,2-3,6,9,14-16H2,1H3,(H2-,31,32)/q-1. The molecule has 1 fully saturated rings. The van der Waals surface area contributed by atoms with Gasteiger partial charge in [0.1, 0.15) is 10.7 Å². The highest BCUT2D eigenvalue weighted by atomic mass is 32.2. The topological polar surface area (TPSA) is 171 Å². The Morgan fingerprint density at radius 1 is 1.02 bits per heavy atom. The average molecular weight is 590 g/mol. The van der Waals surface area contributed by atoms with E-state index >= 15 is 0 Å². The van der Waals surface area contributed by atoms with Crippen LogP contribution >= 0.6 is 0 Å². The Kier molecular flexibility index (Phi) is 8.10. The Hall–Kier alpha value is -4.55. The molecule has 2 aliphatic heterocycles. The van der Waals surface area contributed by atoms with E-state index in [1.807, 2.05) is 31.2 Å². The number of sulfonamides is 1. The summed E-state index contributed by atoms with van der Waals surface area (Å²) in [5.41, 5.74) is 11.6. The van der Waals surface area contributed by atoms with Crippen LogP contribution in [0.5, 0.6) is 0 Å². The number of fused-ring (bicyclic) bond motifs is 2. The molecular weight excluding hydrogens is 560 g/mol. The van der Waals surface area contributed by atoms with Gasteiger partial charge in [-0.1, -0.05) is 42.8 Å². The second-order valence-electron chi connectivity index (χ2n) is 10.1. The molecule has 5 rings (SSSR count). The first-order valence-corrected chi connectivity index (χ1v) is 15.0. The third-order valence-corrected chi connectivity index (χ3v) is 8.60. The predicted octanol–water partition coefficient (Wildman–Crippen LogP) is 5.12. The van der Waals surface area contributed by atoms with Crippen LogP contribution in [-0.2, 0) is 29.2 Å². The minimum absolute atomic E-state index is 0.0188. The Bertz CT molecular complexity index is 1830. The molecule has 12 heteroatoms. The normalized spacial score (nSPS) is 13.8. The first-order valence-electron chi connectivity index (χ1n) is 13.5. The van der Waals surface area contributed by atoms with Crippen LogP contribution in [0, 0.1) is 12.3 Å². The zero-order valence-corrected chi connectivity index (χ0v) is 23.7. The lowest BCUT2D eigenvalue weighted by molar-refractivity contribution is -0.197. The lowest BCUT2D eigenvalue weighted by Gasteiger charge is -2.21. The van der Waals surface area contributed by atoms with Gasteiger partial charge < -0.3 is 20.4 Å². The summed E-state index contributed by atoms with van der Waals surface area (Å²) >= 11 is 0. The molecule has 0 bridgehead atoms. The number of carbonyl (C=O) groups excluding carboxylic acids is 3. The van der Waals surface area contributed by atoms with Crippen LogP contribution in [-0.4, -0.2) is 37.8 Å². The van der Waals surface area contributed by atoms with Gasteiger partial charge in [0.15, 0.2) is 5.58 Å². The second kappa shape index (κ2) is 11.7. The zero-order chi connectivity index (χ0) is 30.0. The monoisotopic (exact) mass is 589 g/mol. The molecule has 1 saturated heterocycles. The van der Waals surface area contributed by atoms with E-state index in [0.717, 1.165) is 22.3 Å². The number of hydroxylamine groups is 2. The van der Waals surface area contributed by atoms with Crippen molar-refractivity contribution in [3.8, 4) is 22.5 Å². The Morgan fingerprint density at radius 2 is 1.76 bits per heavy atom. The maximum atomic E-state index is 13.5. The highest BCUT2D eigenvalue weighted by molar-refractivity contribution is 7.89. The van der Waals surface area contributed by atoms with Crippen molar-refractivity contribution in [2.24, 2.45) is 0 Å². The first kappa shape index (κ1) is 29.0. The smallest absolute Gasteiger partial charge is 0.333 e. The van der Waals surface area contributed by atoms with E-state index < -0.39 is 27.8 Å². The minimum atomic E-state index is -4.19. The molecule has 2 aromatic rings. The Balaban J connectivity index is 1.35. The van der Waals surface area contributed by atoms with Crippen molar-refractivity contribution < 1.29 is 32.1 Å². The van der Waals surface area contributed by atoms with Gasteiger partial charge in [-0.25, -0.2) is 17.9 Å². The van der Waals surface area contributed by atoms with Gasteiger partial charge in [0.05, 0.1) is 5.36 Å². The summed E-state index contributed by atoms with van der Waals surface area (Å²) in [6, 6.07) is 15.8. The largest absolute Gasteiger partial charge is 0.698 e. The lowest BCUT2D eigenvalue weighted by Crippen LogP contribution is -2.31. The van der Waals surface area contributed by atoms with Crippen LogP contribution in [0.3, 0.4) is 0 Å². The number of carbonyl (C=O) groups is 3. The molecule has 3 N–H and O–H groups in total. The molecule has 2 aromatic carbocycles. The van der Waals surface area contributed by atoms with E-state index in [2.05, 4.69) is 4.72 Å². The van der Waals surface area contributed by atoms with Crippen molar-refractivity contribution in [2.75, 3.05) is 6.54 Å². The summed E-state index contributed by atoms with van der Waals surface area (Å²) in [4.78, 5) is 39.7. The van der Waals surface area contributed by atoms with Gasteiger partial charge >= 0.3 is 5.97 Å². The van der Waals surface area contributed by atoms with Crippen LogP contribution in [0.2, 0.25) is 0 Å². The van der Waals surface area contributed by atoms with Gasteiger partial charge in [-0.15, -0.1) is 10.8 Å². The molecule has 0 aromatic heterocycles. The van der Waals surface area contributed by atoms with Crippen molar-refractivity contribution in [1.82, 2.24) is 9.79 Å². The van der Waals surface area contributed by atoms with Gasteiger partial charge in [-0.3, -0.25) is 9.59 Å². The summed E-state index contributed by atoms with van der Waals surface area (Å²) in [6.45, 7) is 2.00. The third-order valence-electron chi connectivity index (χ3n) is 7.08. The van der Waals surface area contributed by atoms with Gasteiger partial charge in [0, 0.05) is 48.4 Å². The number of unbranched alkanes of at least 4 members (excludes halogenated alkanes) is 2. The van der Waals surface area contributed by atoms with Crippen LogP contribution in [0.25, 0.3) is 39.2 Å². The number of nitrogens with one attached hydrogen (secondary N) is 3. The molecular formula is C30H29N4O7S-. The third kappa shape index (κ3) is 5.76. The first-order chi connectivity index (χ1) is 20.1. The molecule has 0 saturated carbocycles. The van der Waals surface area contributed by atoms with Crippen LogP contribution in [0.1, 0.15) is 44.1 Å². The lowest BCUT2D eigenvalue weighted by atomic mass is 9.91. The molecule has 218 valence electrons. The summed E-state index contributed by atoms with van der Waals surface area (Å²) < 4.78 is 35.7. The fourth-order valence-electron chi connectivity index (χ4n) is 4.99. The quantitative estimate of drug-likeness (QED) is 0.147. The highest BCUT2D eigenvalue weighted by Crippen LogP contribution is 2.44. The maximum Gasteiger partial charge on any atom is 0.333 e. The minimum Gasteiger partial charge on any atom is -0.698 e. The maximum absolute atomic E-state index is 13.5. The number of amides is 2. The van der Waals surface area contributed by atoms with E-state index in [4.69, 9.17) is 20.4 Å². The van der Waals surface area contributed by atoms with E-state index in [1.165, 1.54) is 12.1 Å². The average Bonchev–Trinajstić information content (AvgIpc) is 3.25. The van der Waals surface area contributed by atoms with Crippen molar-refractivity contribution in [3.05, 3.63) is 71.3 Å². The molecule has 11 nitrogen and oxygen atoms in total. The van der Waals surface area contributed by atoms with Crippen molar-refractivity contribution in [2.45, 2.75) is 50.3 Å². The van der Waals surface area contributed by atoms with Gasteiger partial charge in [-0.05, 0) is 43.0 Å². The number of nitrogens with zero attached hydrogens (tertiary/aromatic N) is 1. The number of benzene rings is 3. The molecule has 0 spiro atoms. The fraction of sp³-hybridized carbons (Fsp3) is 0.267. The molecule has 1 aliphatic carbocycles. The van der Waals surface area contributed by atoms with E-state index in [-0.39, 0.29) is 47.3 Å².